The molecule has 0 fully saturated rings. The highest BCUT2D eigenvalue weighted by Crippen LogP contribution is 2.36. The molecule has 3 heteroatoms. The van der Waals surface area contributed by atoms with Crippen molar-refractivity contribution in [3.63, 3.8) is 0 Å². The third-order valence-electron chi connectivity index (χ3n) is 11.4. The zero-order valence-electron chi connectivity index (χ0n) is 34.0. The van der Waals surface area contributed by atoms with Gasteiger partial charge >= 0.3 is 0 Å². The summed E-state index contributed by atoms with van der Waals surface area (Å²) < 4.78 is 0. The van der Waals surface area contributed by atoms with Crippen molar-refractivity contribution in [1.82, 2.24) is 9.97 Å². The highest BCUT2D eigenvalue weighted by atomic mass is 14.9. The summed E-state index contributed by atoms with van der Waals surface area (Å²) >= 11 is 0. The summed E-state index contributed by atoms with van der Waals surface area (Å²) in [6.07, 6.45) is 2.00. The molecule has 0 amide bonds. The van der Waals surface area contributed by atoms with Crippen molar-refractivity contribution >= 4 is 22.1 Å². The Morgan fingerprint density at radius 2 is 0.774 bits per heavy atom. The van der Waals surface area contributed by atoms with Crippen molar-refractivity contribution in [1.29, 1.82) is 5.41 Å². The fraction of sp³-hybridized carbons (Fsp3) is 0. The van der Waals surface area contributed by atoms with Crippen LogP contribution >= 0.6 is 0 Å². The molecule has 0 aliphatic heterocycles. The fourth-order valence-electron chi connectivity index (χ4n) is 8.10. The predicted molar refractivity (Wildman–Crippen MR) is 259 cm³/mol. The van der Waals surface area contributed by atoms with E-state index in [1.165, 1.54) is 11.1 Å². The van der Waals surface area contributed by atoms with E-state index in [-0.39, 0.29) is 0 Å². The minimum absolute atomic E-state index is 0.464. The zero-order valence-corrected chi connectivity index (χ0v) is 34.0. The van der Waals surface area contributed by atoms with Gasteiger partial charge in [0.25, 0.3) is 0 Å². The van der Waals surface area contributed by atoms with Crippen LogP contribution in [-0.4, -0.2) is 15.7 Å². The molecule has 0 saturated carbocycles. The third-order valence-corrected chi connectivity index (χ3v) is 11.4. The summed E-state index contributed by atoms with van der Waals surface area (Å²) in [4.78, 5) is 10.5. The molecule has 1 aromatic heterocycles. The van der Waals surface area contributed by atoms with Crippen LogP contribution in [0.1, 0.15) is 16.7 Å². The largest absolute Gasteiger partial charge is 0.300 e. The summed E-state index contributed by atoms with van der Waals surface area (Å²) in [5.74, 6) is 0.661. The van der Waals surface area contributed by atoms with Gasteiger partial charge in [-0.05, 0) is 90.7 Å². The van der Waals surface area contributed by atoms with Crippen molar-refractivity contribution in [3.05, 3.63) is 259 Å². The Hall–Kier alpha value is -8.27. The Bertz CT molecular complexity index is 3090. The van der Waals surface area contributed by atoms with Crippen LogP contribution in [0.3, 0.4) is 0 Å². The second kappa shape index (κ2) is 17.1. The number of rotatable bonds is 10. The van der Waals surface area contributed by atoms with E-state index in [1.807, 2.05) is 54.6 Å². The lowest BCUT2D eigenvalue weighted by molar-refractivity contribution is 1.18. The minimum atomic E-state index is 0.464. The molecule has 292 valence electrons. The van der Waals surface area contributed by atoms with Crippen molar-refractivity contribution in [2.75, 3.05) is 0 Å². The summed E-state index contributed by atoms with van der Waals surface area (Å²) in [5, 5.41) is 11.3. The molecule has 0 unspecified atom stereocenters. The highest BCUT2D eigenvalue weighted by Gasteiger charge is 2.15. The molecule has 3 nitrogen and oxygen atoms in total. The smallest absolute Gasteiger partial charge is 0.160 e. The molecule has 0 spiro atoms. The van der Waals surface area contributed by atoms with Crippen molar-refractivity contribution in [3.8, 4) is 67.3 Å². The molecule has 0 saturated heterocycles. The first kappa shape index (κ1) is 38.0. The van der Waals surface area contributed by atoms with Crippen LogP contribution in [0, 0.1) is 5.41 Å². The van der Waals surface area contributed by atoms with Gasteiger partial charge in [0.1, 0.15) is 0 Å². The Morgan fingerprint density at radius 3 is 1.35 bits per heavy atom. The number of benzene rings is 9. The van der Waals surface area contributed by atoms with E-state index in [0.717, 1.165) is 83.4 Å². The number of fused-ring (bicyclic) bond motifs is 1. The van der Waals surface area contributed by atoms with Gasteiger partial charge in [0, 0.05) is 16.7 Å². The van der Waals surface area contributed by atoms with Crippen LogP contribution in [0.25, 0.3) is 83.6 Å². The number of nitrogens with zero attached hydrogens (tertiary/aromatic N) is 2. The van der Waals surface area contributed by atoms with E-state index < -0.39 is 0 Å². The van der Waals surface area contributed by atoms with Gasteiger partial charge in [-0.25, -0.2) is 9.97 Å². The molecule has 10 rings (SSSR count). The zero-order chi connectivity index (χ0) is 41.7. The molecule has 62 heavy (non-hydrogen) atoms. The van der Waals surface area contributed by atoms with Crippen LogP contribution < -0.4 is 0 Å². The molecule has 0 radical (unpaired) electrons. The van der Waals surface area contributed by atoms with E-state index in [9.17, 15) is 0 Å². The maximum absolute atomic E-state index is 9.09. The van der Waals surface area contributed by atoms with Crippen LogP contribution in [0.15, 0.2) is 243 Å². The molecular weight excluding hydrogens is 751 g/mol. The Labute approximate surface area is 362 Å². The van der Waals surface area contributed by atoms with Gasteiger partial charge in [0.15, 0.2) is 5.82 Å². The topological polar surface area (TPSA) is 49.6 Å². The van der Waals surface area contributed by atoms with Gasteiger partial charge < -0.3 is 5.41 Å². The lowest BCUT2D eigenvalue weighted by Gasteiger charge is -2.14. The number of hydrogen-bond acceptors (Lipinski definition) is 3. The van der Waals surface area contributed by atoms with Crippen molar-refractivity contribution < 1.29 is 0 Å². The molecule has 10 aromatic rings. The molecule has 1 heterocycles. The molecule has 0 bridgehead atoms. The maximum Gasteiger partial charge on any atom is 0.160 e. The lowest BCUT2D eigenvalue weighted by atomic mass is 9.90. The number of hydrogen-bond donors (Lipinski definition) is 1. The first-order valence-corrected chi connectivity index (χ1v) is 20.9. The molecular formula is C59H41N3. The first-order chi connectivity index (χ1) is 30.6. The van der Waals surface area contributed by atoms with Gasteiger partial charge in [-0.1, -0.05) is 218 Å². The maximum atomic E-state index is 9.09. The second-order valence-electron chi connectivity index (χ2n) is 15.4. The number of aromatic nitrogens is 2. The number of allylic oxidation sites excluding steroid dienone is 1. The predicted octanol–water partition coefficient (Wildman–Crippen LogP) is 15.1. The SMILES string of the molecule is N=C(/C=C(/c1ccccc1)c1cccc2ccc(-c3cccc(-c4nc(-c5ccc(-c6ccccc6)cc5)cc(-c5ccc(-c6ccccc6)cc5)n4)c3)cc12)c1ccccc1. The first-order valence-electron chi connectivity index (χ1n) is 20.9. The fourth-order valence-corrected chi connectivity index (χ4v) is 8.10. The van der Waals surface area contributed by atoms with E-state index in [1.54, 1.807) is 0 Å². The molecule has 0 aliphatic carbocycles. The van der Waals surface area contributed by atoms with E-state index in [2.05, 4.69) is 188 Å². The van der Waals surface area contributed by atoms with Gasteiger partial charge in [0.2, 0.25) is 0 Å². The Morgan fingerprint density at radius 1 is 0.339 bits per heavy atom. The normalized spacial score (nSPS) is 11.4. The van der Waals surface area contributed by atoms with E-state index in [0.29, 0.717) is 11.5 Å². The quantitative estimate of drug-likeness (QED) is 0.140. The Balaban J connectivity index is 1.06. The van der Waals surface area contributed by atoms with Crippen LogP contribution in [0.2, 0.25) is 0 Å². The second-order valence-corrected chi connectivity index (χ2v) is 15.4. The average molecular weight is 792 g/mol. The molecule has 0 atom stereocenters. The number of nitrogens with one attached hydrogen (secondary N) is 1. The summed E-state index contributed by atoms with van der Waals surface area (Å²) in [6.45, 7) is 0. The third kappa shape index (κ3) is 8.03. The van der Waals surface area contributed by atoms with Crippen molar-refractivity contribution in [2.24, 2.45) is 0 Å². The lowest BCUT2D eigenvalue weighted by Crippen LogP contribution is -1.98. The highest BCUT2D eigenvalue weighted by molar-refractivity contribution is 6.14. The van der Waals surface area contributed by atoms with Crippen molar-refractivity contribution in [2.45, 2.75) is 0 Å². The van der Waals surface area contributed by atoms with Gasteiger partial charge in [-0.15, -0.1) is 0 Å². The standard InChI is InChI=1S/C59H41N3/c60-56(47-21-11-4-12-22-47)39-55(45-19-9-3-10-20-45)53-26-14-23-46-31-36-51(38-54(46)53)50-24-13-25-52(37-50)59-61-57(48-32-27-43(28-33-48)41-15-5-1-6-16-41)40-58(62-59)49-34-29-44(30-35-49)42-17-7-2-8-18-42/h1-40,60H/b55-39-,60-56?. The van der Waals surface area contributed by atoms with Crippen LogP contribution in [0.5, 0.6) is 0 Å². The Kier molecular flexibility index (Phi) is 10.5. The summed E-state index contributed by atoms with van der Waals surface area (Å²) in [7, 11) is 0. The van der Waals surface area contributed by atoms with E-state index in [4.69, 9.17) is 15.4 Å². The van der Waals surface area contributed by atoms with Gasteiger partial charge in [-0.3, -0.25) is 0 Å². The molecule has 9 aromatic carbocycles. The molecule has 1 N–H and O–H groups in total. The minimum Gasteiger partial charge on any atom is -0.300 e. The monoisotopic (exact) mass is 791 g/mol. The molecule has 0 aliphatic rings. The van der Waals surface area contributed by atoms with Crippen LogP contribution in [-0.2, 0) is 0 Å². The summed E-state index contributed by atoms with van der Waals surface area (Å²) in [5.41, 5.74) is 16.0. The average Bonchev–Trinajstić information content (AvgIpc) is 3.36. The van der Waals surface area contributed by atoms with Gasteiger partial charge in [-0.2, -0.15) is 0 Å². The van der Waals surface area contributed by atoms with Gasteiger partial charge in [0.05, 0.1) is 17.1 Å². The van der Waals surface area contributed by atoms with E-state index >= 15 is 0 Å². The summed E-state index contributed by atoms with van der Waals surface area (Å²) in [6, 6.07) is 82.2. The van der Waals surface area contributed by atoms with Crippen LogP contribution in [0.4, 0.5) is 0 Å².